The van der Waals surface area contributed by atoms with E-state index >= 15 is 0 Å². The molecule has 0 aliphatic heterocycles. The van der Waals surface area contributed by atoms with Crippen molar-refractivity contribution in [3.05, 3.63) is 0 Å². The van der Waals surface area contributed by atoms with Gasteiger partial charge in [-0.2, -0.15) is 0 Å². The Balaban J connectivity index is 4.72. The molecule has 0 fully saturated rings. The summed E-state index contributed by atoms with van der Waals surface area (Å²) in [4.78, 5) is 11.6. The number of nitrogens with zero attached hydrogens (tertiary/aromatic N) is 1. The van der Waals surface area contributed by atoms with Gasteiger partial charge in [0.1, 0.15) is 5.41 Å². The van der Waals surface area contributed by atoms with Crippen LogP contribution in [0, 0.1) is 5.41 Å². The van der Waals surface area contributed by atoms with Crippen LogP contribution in [0.1, 0.15) is 34.1 Å². The first-order valence-electron chi connectivity index (χ1n) is 4.36. The minimum absolute atomic E-state index is 0.185. The van der Waals surface area contributed by atoms with Crippen LogP contribution in [-0.4, -0.2) is 18.3 Å². The van der Waals surface area contributed by atoms with Gasteiger partial charge in [0, 0.05) is 5.71 Å². The zero-order valence-electron chi connectivity index (χ0n) is 8.56. The van der Waals surface area contributed by atoms with E-state index < -0.39 is 5.41 Å². The average Bonchev–Trinajstić information content (AvgIpc) is 2.15. The highest BCUT2D eigenvalue weighted by atomic mass is 127. The van der Waals surface area contributed by atoms with Crippen molar-refractivity contribution in [3.63, 3.8) is 0 Å². The predicted octanol–water partition coefficient (Wildman–Crippen LogP) is 2.78. The summed E-state index contributed by atoms with van der Waals surface area (Å²) in [5, 5.41) is 0. The molecule has 0 rings (SSSR count). The zero-order valence-corrected chi connectivity index (χ0v) is 10.7. The topological polar surface area (TPSA) is 38.7 Å². The van der Waals surface area contributed by atoms with Gasteiger partial charge in [0.2, 0.25) is 0 Å². The molecule has 0 saturated heterocycles. The largest absolute Gasteiger partial charge is 0.465 e. The summed E-state index contributed by atoms with van der Waals surface area (Å²) >= 11 is 1.90. The summed E-state index contributed by atoms with van der Waals surface area (Å²) in [5.41, 5.74) is 0.256. The third-order valence-corrected chi connectivity index (χ3v) is 3.08. The fraction of sp³-hybridized carbons (Fsp3) is 0.778. The molecule has 0 amide bonds. The van der Waals surface area contributed by atoms with Gasteiger partial charge in [-0.3, -0.25) is 4.79 Å². The molecule has 0 aromatic rings. The number of ether oxygens (including phenoxy) is 1. The Morgan fingerprint density at radius 3 is 2.38 bits per heavy atom. The predicted molar refractivity (Wildman–Crippen MR) is 62.2 cm³/mol. The maximum atomic E-state index is 11.6. The molecule has 0 aromatic heterocycles. The van der Waals surface area contributed by atoms with E-state index in [2.05, 4.69) is 3.21 Å². The van der Waals surface area contributed by atoms with Gasteiger partial charge in [0.15, 0.2) is 0 Å². The van der Waals surface area contributed by atoms with Crippen LogP contribution in [-0.2, 0) is 9.53 Å². The Hall–Kier alpha value is -0.130. The summed E-state index contributed by atoms with van der Waals surface area (Å²) < 4.78 is 9.02. The minimum atomic E-state index is -0.558. The molecule has 1 unspecified atom stereocenters. The summed E-state index contributed by atoms with van der Waals surface area (Å²) in [5.74, 6) is -0.185. The first-order valence-corrected chi connectivity index (χ1v) is 5.32. The van der Waals surface area contributed by atoms with Crippen LogP contribution in [0.2, 0.25) is 0 Å². The van der Waals surface area contributed by atoms with Crippen molar-refractivity contribution in [2.45, 2.75) is 34.1 Å². The Morgan fingerprint density at radius 2 is 2.08 bits per heavy atom. The number of carbonyl (C=O) groups is 1. The van der Waals surface area contributed by atoms with Crippen LogP contribution in [0.3, 0.4) is 0 Å². The smallest absolute Gasteiger partial charge is 0.317 e. The molecule has 0 aromatic carbocycles. The van der Waals surface area contributed by atoms with Crippen molar-refractivity contribution in [1.82, 2.24) is 0 Å². The number of halogens is 1. The van der Waals surface area contributed by atoms with E-state index in [0.29, 0.717) is 13.0 Å². The molecule has 0 saturated carbocycles. The maximum absolute atomic E-state index is 11.6. The molecule has 1 atom stereocenters. The number of rotatable bonds is 4. The van der Waals surface area contributed by atoms with Gasteiger partial charge in [0.25, 0.3) is 0 Å². The second-order valence-electron chi connectivity index (χ2n) is 3.08. The van der Waals surface area contributed by atoms with Gasteiger partial charge in [-0.05, 0) is 27.2 Å². The van der Waals surface area contributed by atoms with Crippen LogP contribution < -0.4 is 0 Å². The van der Waals surface area contributed by atoms with E-state index in [1.807, 2.05) is 50.6 Å². The lowest BCUT2D eigenvalue weighted by molar-refractivity contribution is -0.150. The first kappa shape index (κ1) is 12.9. The molecule has 13 heavy (non-hydrogen) atoms. The maximum Gasteiger partial charge on any atom is 0.317 e. The molecule has 76 valence electrons. The van der Waals surface area contributed by atoms with Gasteiger partial charge in [-0.15, -0.1) is 0 Å². The molecular weight excluding hydrogens is 281 g/mol. The number of hydrogen-bond acceptors (Lipinski definition) is 3. The fourth-order valence-corrected chi connectivity index (χ4v) is 1.46. The van der Waals surface area contributed by atoms with Crippen LogP contribution in [0.15, 0.2) is 3.21 Å². The Bertz CT molecular complexity index is 216. The summed E-state index contributed by atoms with van der Waals surface area (Å²) in [6.07, 6.45) is 0.712. The summed E-state index contributed by atoms with van der Waals surface area (Å²) in [6.45, 7) is 7.91. The minimum Gasteiger partial charge on any atom is -0.465 e. The van der Waals surface area contributed by atoms with E-state index in [4.69, 9.17) is 4.74 Å². The Morgan fingerprint density at radius 1 is 1.54 bits per heavy atom. The molecule has 0 bridgehead atoms. The molecule has 0 aliphatic carbocycles. The lowest BCUT2D eigenvalue weighted by Gasteiger charge is -2.24. The molecule has 0 spiro atoms. The van der Waals surface area contributed by atoms with E-state index in [-0.39, 0.29) is 5.97 Å². The van der Waals surface area contributed by atoms with Crippen molar-refractivity contribution in [2.75, 3.05) is 6.61 Å². The number of esters is 1. The highest BCUT2D eigenvalue weighted by Crippen LogP contribution is 2.26. The molecule has 0 heterocycles. The Labute approximate surface area is 93.4 Å². The van der Waals surface area contributed by atoms with Crippen LogP contribution in [0.4, 0.5) is 0 Å². The van der Waals surface area contributed by atoms with Crippen molar-refractivity contribution in [3.8, 4) is 0 Å². The third kappa shape index (κ3) is 2.93. The second kappa shape index (κ2) is 5.57. The van der Waals surface area contributed by atoms with Crippen molar-refractivity contribution in [2.24, 2.45) is 8.62 Å². The molecule has 3 nitrogen and oxygen atoms in total. The lowest BCUT2D eigenvalue weighted by Crippen LogP contribution is -2.35. The quantitative estimate of drug-likeness (QED) is 0.455. The highest BCUT2D eigenvalue weighted by Gasteiger charge is 2.35. The van der Waals surface area contributed by atoms with Crippen LogP contribution in [0.5, 0.6) is 0 Å². The normalized spacial score (nSPS) is 16.5. The third-order valence-electron chi connectivity index (χ3n) is 2.36. The van der Waals surface area contributed by atoms with Crippen molar-refractivity contribution in [1.29, 1.82) is 0 Å². The number of hydrogen-bond donors (Lipinski definition) is 0. The molecular formula is C9H16INO2. The first-order chi connectivity index (χ1) is 6.02. The van der Waals surface area contributed by atoms with Gasteiger partial charge in [-0.25, -0.2) is 3.21 Å². The monoisotopic (exact) mass is 297 g/mol. The van der Waals surface area contributed by atoms with Crippen LogP contribution >= 0.6 is 22.9 Å². The van der Waals surface area contributed by atoms with Gasteiger partial charge < -0.3 is 4.74 Å². The summed E-state index contributed by atoms with van der Waals surface area (Å²) in [6, 6.07) is 0. The van der Waals surface area contributed by atoms with E-state index in [9.17, 15) is 4.79 Å². The lowest BCUT2D eigenvalue weighted by atomic mass is 9.83. The fourth-order valence-electron chi connectivity index (χ4n) is 0.932. The molecule has 0 N–H and O–H groups in total. The zero-order chi connectivity index (χ0) is 10.5. The average molecular weight is 297 g/mol. The van der Waals surface area contributed by atoms with E-state index in [0.717, 1.165) is 5.71 Å². The molecule has 4 heteroatoms. The van der Waals surface area contributed by atoms with Crippen molar-refractivity contribution >= 4 is 34.5 Å². The molecule has 0 aliphatic rings. The van der Waals surface area contributed by atoms with Gasteiger partial charge in [0.05, 0.1) is 29.5 Å². The molecule has 0 radical (unpaired) electrons. The van der Waals surface area contributed by atoms with Gasteiger partial charge >= 0.3 is 5.97 Å². The van der Waals surface area contributed by atoms with Gasteiger partial charge in [-0.1, -0.05) is 6.92 Å². The van der Waals surface area contributed by atoms with Crippen LogP contribution in [0.25, 0.3) is 0 Å². The van der Waals surface area contributed by atoms with E-state index in [1.54, 1.807) is 0 Å². The SMILES string of the molecule is CCOC(=O)C(C)(CC)C(C)=NI. The number of carbonyl (C=O) groups excluding carboxylic acids is 1. The summed E-state index contributed by atoms with van der Waals surface area (Å²) in [7, 11) is 0. The Kier molecular flexibility index (Phi) is 5.51. The van der Waals surface area contributed by atoms with E-state index in [1.165, 1.54) is 0 Å². The highest BCUT2D eigenvalue weighted by molar-refractivity contribution is 14.1. The standard InChI is InChI=1S/C9H16INO2/c1-5-9(4,7(3)11-10)8(12)13-6-2/h5-6H2,1-4H3. The second-order valence-corrected chi connectivity index (χ2v) is 3.56. The van der Waals surface area contributed by atoms with Crippen molar-refractivity contribution < 1.29 is 9.53 Å².